The lowest BCUT2D eigenvalue weighted by Gasteiger charge is -2.26. The molecule has 2 aromatic heterocycles. The second-order valence-corrected chi connectivity index (χ2v) is 8.97. The van der Waals surface area contributed by atoms with Crippen molar-refractivity contribution in [2.24, 2.45) is 0 Å². The van der Waals surface area contributed by atoms with Crippen LogP contribution in [0.3, 0.4) is 0 Å². The number of hydrogen-bond acceptors (Lipinski definition) is 5. The van der Waals surface area contributed by atoms with E-state index in [1.54, 1.807) is 48.5 Å². The molecule has 5 rings (SSSR count). The number of carbonyl (C=O) groups is 3. The number of hydrogen-bond donors (Lipinski definition) is 2. The Labute approximate surface area is 214 Å². The Morgan fingerprint density at radius 2 is 1.76 bits per heavy atom. The number of benzene rings is 2. The van der Waals surface area contributed by atoms with Crippen molar-refractivity contribution < 1.29 is 19.1 Å². The quantitative estimate of drug-likeness (QED) is 0.409. The molecule has 37 heavy (non-hydrogen) atoms. The van der Waals surface area contributed by atoms with Crippen LogP contribution in [0.15, 0.2) is 73.1 Å². The van der Waals surface area contributed by atoms with E-state index in [-0.39, 0.29) is 24.3 Å². The summed E-state index contributed by atoms with van der Waals surface area (Å²) in [7, 11) is 0. The predicted molar refractivity (Wildman–Crippen MR) is 137 cm³/mol. The van der Waals surface area contributed by atoms with Gasteiger partial charge in [-0.25, -0.2) is 4.98 Å². The van der Waals surface area contributed by atoms with E-state index in [4.69, 9.17) is 4.74 Å². The first-order valence-electron chi connectivity index (χ1n) is 12.0. The lowest BCUT2D eigenvalue weighted by molar-refractivity contribution is -0.123. The lowest BCUT2D eigenvalue weighted by Crippen LogP contribution is -2.49. The maximum absolute atomic E-state index is 12.6. The molecular weight excluding hydrogens is 470 g/mol. The van der Waals surface area contributed by atoms with Crippen molar-refractivity contribution in [3.05, 3.63) is 101 Å². The summed E-state index contributed by atoms with van der Waals surface area (Å²) in [4.78, 5) is 42.8. The van der Waals surface area contributed by atoms with Gasteiger partial charge in [-0.05, 0) is 60.5 Å². The number of nitrogens with zero attached hydrogens (tertiary/aromatic N) is 3. The number of carbonyl (C=O) groups excluding carboxylic acids is 3. The number of aryl methyl sites for hydroxylation is 1. The summed E-state index contributed by atoms with van der Waals surface area (Å²) in [6.07, 6.45) is 3.96. The van der Waals surface area contributed by atoms with E-state index >= 15 is 0 Å². The summed E-state index contributed by atoms with van der Waals surface area (Å²) in [5.74, 6) is 0.113. The molecule has 0 saturated carbocycles. The molecule has 1 fully saturated rings. The van der Waals surface area contributed by atoms with E-state index in [0.717, 1.165) is 22.5 Å². The van der Waals surface area contributed by atoms with Crippen molar-refractivity contribution in [2.45, 2.75) is 20.1 Å². The molecule has 0 radical (unpaired) electrons. The zero-order valence-electron chi connectivity index (χ0n) is 20.4. The minimum Gasteiger partial charge on any atom is -0.487 e. The van der Waals surface area contributed by atoms with Gasteiger partial charge in [0.05, 0.1) is 12.2 Å². The van der Waals surface area contributed by atoms with E-state index in [1.165, 1.54) is 4.90 Å². The van der Waals surface area contributed by atoms with E-state index in [9.17, 15) is 14.4 Å². The highest BCUT2D eigenvalue weighted by molar-refractivity contribution is 5.97. The van der Waals surface area contributed by atoms with Crippen molar-refractivity contribution in [2.75, 3.05) is 19.6 Å². The van der Waals surface area contributed by atoms with E-state index in [2.05, 4.69) is 15.6 Å². The van der Waals surface area contributed by atoms with Gasteiger partial charge in [0.25, 0.3) is 11.8 Å². The van der Waals surface area contributed by atoms with Gasteiger partial charge in [-0.15, -0.1) is 0 Å². The highest BCUT2D eigenvalue weighted by atomic mass is 16.5. The highest BCUT2D eigenvalue weighted by Gasteiger charge is 2.22. The highest BCUT2D eigenvalue weighted by Crippen LogP contribution is 2.16. The fourth-order valence-corrected chi connectivity index (χ4v) is 4.13. The molecule has 9 nitrogen and oxygen atoms in total. The third-order valence-corrected chi connectivity index (χ3v) is 6.13. The van der Waals surface area contributed by atoms with Gasteiger partial charge >= 0.3 is 0 Å². The van der Waals surface area contributed by atoms with Crippen LogP contribution < -0.4 is 15.4 Å². The molecule has 0 unspecified atom stereocenters. The molecule has 1 saturated heterocycles. The smallest absolute Gasteiger partial charge is 0.254 e. The van der Waals surface area contributed by atoms with Gasteiger partial charge in [-0.3, -0.25) is 14.4 Å². The van der Waals surface area contributed by atoms with Crippen molar-refractivity contribution in [1.29, 1.82) is 0 Å². The number of ether oxygens (including phenoxy) is 1. The zero-order valence-corrected chi connectivity index (χ0v) is 20.4. The van der Waals surface area contributed by atoms with Crippen LogP contribution in [-0.2, 0) is 17.9 Å². The first-order chi connectivity index (χ1) is 17.9. The second kappa shape index (κ2) is 10.5. The Balaban J connectivity index is 1.11. The zero-order chi connectivity index (χ0) is 25.8. The van der Waals surface area contributed by atoms with Gasteiger partial charge in [0, 0.05) is 43.2 Å². The second-order valence-electron chi connectivity index (χ2n) is 8.97. The number of aromatic nitrogens is 2. The molecule has 1 aliphatic heterocycles. The van der Waals surface area contributed by atoms with Crippen LogP contribution in [0.1, 0.15) is 37.5 Å². The van der Waals surface area contributed by atoms with Gasteiger partial charge in [0.2, 0.25) is 5.91 Å². The topological polar surface area (TPSA) is 105 Å². The maximum atomic E-state index is 12.6. The van der Waals surface area contributed by atoms with Crippen LogP contribution >= 0.6 is 0 Å². The summed E-state index contributed by atoms with van der Waals surface area (Å²) in [5.41, 5.74) is 4.74. The van der Waals surface area contributed by atoms with Gasteiger partial charge in [-0.2, -0.15) is 0 Å². The number of piperazine rings is 1. The Kier molecular flexibility index (Phi) is 6.85. The molecule has 1 aliphatic rings. The Hall–Kier alpha value is -4.66. The molecule has 0 bridgehead atoms. The van der Waals surface area contributed by atoms with Gasteiger partial charge in [0.15, 0.2) is 0 Å². The predicted octanol–water partition coefficient (Wildman–Crippen LogP) is 2.72. The number of nitrogens with one attached hydrogen (secondary N) is 2. The Morgan fingerprint density at radius 3 is 2.51 bits per heavy atom. The molecule has 0 aliphatic carbocycles. The minimum atomic E-state index is -0.207. The third kappa shape index (κ3) is 5.78. The molecule has 9 heteroatoms. The van der Waals surface area contributed by atoms with Crippen LogP contribution in [0.2, 0.25) is 0 Å². The molecular formula is C28H27N5O4. The van der Waals surface area contributed by atoms with Gasteiger partial charge < -0.3 is 24.7 Å². The summed E-state index contributed by atoms with van der Waals surface area (Å²) >= 11 is 0. The molecule has 2 N–H and O–H groups in total. The summed E-state index contributed by atoms with van der Waals surface area (Å²) in [6.45, 7) is 3.71. The van der Waals surface area contributed by atoms with E-state index in [1.807, 2.05) is 35.9 Å². The summed E-state index contributed by atoms with van der Waals surface area (Å²) in [5, 5.41) is 5.60. The van der Waals surface area contributed by atoms with E-state index < -0.39 is 0 Å². The Bertz CT molecular complexity index is 1440. The fraction of sp³-hybridized carbons (Fsp3) is 0.214. The van der Waals surface area contributed by atoms with Crippen LogP contribution in [0.25, 0.3) is 5.65 Å². The largest absolute Gasteiger partial charge is 0.487 e. The standard InChI is InChI=1S/C28H27N5O4/c1-19-2-11-25-31-23(16-33(25)15-19)18-37-24-9-7-21(8-10-24)27(35)30-14-20-3-5-22(6-4-20)28(36)32-13-12-29-26(34)17-32/h2-11,15-16H,12-14,17-18H2,1H3,(H,29,34)(H,30,35). The van der Waals surface area contributed by atoms with E-state index in [0.29, 0.717) is 43.1 Å². The Morgan fingerprint density at radius 1 is 1.00 bits per heavy atom. The molecule has 188 valence electrons. The molecule has 4 aromatic rings. The number of pyridine rings is 1. The third-order valence-electron chi connectivity index (χ3n) is 6.13. The molecule has 0 atom stereocenters. The van der Waals surface area contributed by atoms with Crippen molar-refractivity contribution >= 4 is 23.4 Å². The fourth-order valence-electron chi connectivity index (χ4n) is 4.13. The number of fused-ring (bicyclic) bond motifs is 1. The first-order valence-corrected chi connectivity index (χ1v) is 12.0. The summed E-state index contributed by atoms with van der Waals surface area (Å²) < 4.78 is 7.81. The van der Waals surface area contributed by atoms with Crippen molar-refractivity contribution in [3.63, 3.8) is 0 Å². The average molecular weight is 498 g/mol. The van der Waals surface area contributed by atoms with Gasteiger partial charge in [-0.1, -0.05) is 18.2 Å². The van der Waals surface area contributed by atoms with Crippen LogP contribution in [0.5, 0.6) is 5.75 Å². The number of rotatable bonds is 7. The minimum absolute atomic E-state index is 0.0702. The first kappa shape index (κ1) is 24.1. The molecule has 2 aromatic carbocycles. The number of amides is 3. The van der Waals surface area contributed by atoms with Crippen molar-refractivity contribution in [1.82, 2.24) is 24.9 Å². The normalized spacial score (nSPS) is 13.3. The average Bonchev–Trinajstić information content (AvgIpc) is 3.33. The van der Waals surface area contributed by atoms with Crippen LogP contribution in [0.4, 0.5) is 0 Å². The van der Waals surface area contributed by atoms with Gasteiger partial charge in [0.1, 0.15) is 18.0 Å². The van der Waals surface area contributed by atoms with Crippen LogP contribution in [-0.4, -0.2) is 51.6 Å². The molecule has 0 spiro atoms. The van der Waals surface area contributed by atoms with Crippen molar-refractivity contribution in [3.8, 4) is 5.75 Å². The summed E-state index contributed by atoms with van der Waals surface area (Å²) in [6, 6.07) is 18.0. The molecule has 3 heterocycles. The maximum Gasteiger partial charge on any atom is 0.254 e. The SMILES string of the molecule is Cc1ccc2nc(COc3ccc(C(=O)NCc4ccc(C(=O)N5CCNC(=O)C5)cc4)cc3)cn2c1. The molecule has 3 amide bonds. The number of imidazole rings is 1. The van der Waals surface area contributed by atoms with Crippen LogP contribution in [0, 0.1) is 6.92 Å². The lowest BCUT2D eigenvalue weighted by atomic mass is 10.1. The monoisotopic (exact) mass is 497 g/mol.